The first-order chi connectivity index (χ1) is 9.58. The predicted octanol–water partition coefficient (Wildman–Crippen LogP) is 2.62. The zero-order chi connectivity index (χ0) is 14.5. The van der Waals surface area contributed by atoms with Gasteiger partial charge in [0, 0.05) is 35.7 Å². The fourth-order valence-corrected chi connectivity index (χ4v) is 1.75. The number of hydrogen-bond acceptors (Lipinski definition) is 5. The van der Waals surface area contributed by atoms with Crippen molar-refractivity contribution in [3.63, 3.8) is 0 Å². The molecule has 104 valence electrons. The third-order valence-corrected chi connectivity index (χ3v) is 2.77. The second-order valence-corrected chi connectivity index (χ2v) is 4.31. The topological polar surface area (TPSA) is 85.5 Å². The van der Waals surface area contributed by atoms with Gasteiger partial charge in [-0.1, -0.05) is 6.07 Å². The number of aliphatic hydroxyl groups is 1. The molecule has 6 nitrogen and oxygen atoms in total. The third-order valence-electron chi connectivity index (χ3n) is 2.77. The molecule has 0 spiro atoms. The maximum Gasteiger partial charge on any atom is 0.270 e. The number of nitrogens with zero attached hydrogens (tertiary/aromatic N) is 2. The molecule has 20 heavy (non-hydrogen) atoms. The molecule has 0 amide bonds. The molecule has 1 N–H and O–H groups in total. The summed E-state index contributed by atoms with van der Waals surface area (Å²) in [6, 6.07) is 7.83. The molecule has 0 aliphatic heterocycles. The summed E-state index contributed by atoms with van der Waals surface area (Å²) in [4.78, 5) is 14.2. The molecule has 2 aromatic rings. The average Bonchev–Trinajstić information content (AvgIpc) is 2.45. The quantitative estimate of drug-likeness (QED) is 0.669. The normalized spacial score (nSPS) is 11.9. The Morgan fingerprint density at radius 2 is 2.25 bits per heavy atom. The molecule has 0 radical (unpaired) electrons. The van der Waals surface area contributed by atoms with E-state index in [1.54, 1.807) is 18.5 Å². The number of aliphatic hydroxyl groups excluding tert-OH is 1. The van der Waals surface area contributed by atoms with E-state index in [9.17, 15) is 15.2 Å². The molecule has 1 heterocycles. The zero-order valence-corrected chi connectivity index (χ0v) is 10.9. The first kappa shape index (κ1) is 14.0. The van der Waals surface area contributed by atoms with Crippen LogP contribution in [0.4, 0.5) is 5.69 Å². The summed E-state index contributed by atoms with van der Waals surface area (Å²) in [7, 11) is 0. The Morgan fingerprint density at radius 1 is 1.45 bits per heavy atom. The van der Waals surface area contributed by atoms with Crippen LogP contribution in [0.25, 0.3) is 0 Å². The lowest BCUT2D eigenvalue weighted by atomic mass is 10.1. The van der Waals surface area contributed by atoms with Gasteiger partial charge in [0.25, 0.3) is 5.69 Å². The van der Waals surface area contributed by atoms with E-state index in [1.807, 2.05) is 6.07 Å². The highest BCUT2D eigenvalue weighted by Crippen LogP contribution is 2.29. The highest BCUT2D eigenvalue weighted by atomic mass is 16.6. The number of hydrogen-bond donors (Lipinski definition) is 1. The van der Waals surface area contributed by atoms with Gasteiger partial charge in [0.2, 0.25) is 0 Å². The zero-order valence-electron chi connectivity index (χ0n) is 10.9. The van der Waals surface area contributed by atoms with Crippen molar-refractivity contribution < 1.29 is 14.8 Å². The minimum atomic E-state index is -0.848. The van der Waals surface area contributed by atoms with E-state index in [-0.39, 0.29) is 12.3 Å². The lowest BCUT2D eigenvalue weighted by molar-refractivity contribution is -0.385. The first-order valence-electron chi connectivity index (χ1n) is 6.06. The van der Waals surface area contributed by atoms with Crippen molar-refractivity contribution in [1.82, 2.24) is 4.98 Å². The number of benzene rings is 1. The van der Waals surface area contributed by atoms with Crippen molar-refractivity contribution in [2.75, 3.05) is 0 Å². The van der Waals surface area contributed by atoms with Crippen LogP contribution < -0.4 is 4.74 Å². The van der Waals surface area contributed by atoms with Gasteiger partial charge in [-0.2, -0.15) is 0 Å². The maximum atomic E-state index is 10.7. The van der Waals surface area contributed by atoms with Crippen molar-refractivity contribution in [1.29, 1.82) is 0 Å². The summed E-state index contributed by atoms with van der Waals surface area (Å²) in [6.07, 6.45) is 2.49. The van der Waals surface area contributed by atoms with Crippen molar-refractivity contribution in [2.24, 2.45) is 0 Å². The van der Waals surface area contributed by atoms with E-state index in [1.165, 1.54) is 25.1 Å². The number of non-ortho nitro benzene ring substituents is 1. The van der Waals surface area contributed by atoms with Gasteiger partial charge in [0.05, 0.1) is 11.0 Å². The van der Waals surface area contributed by atoms with Gasteiger partial charge in [-0.05, 0) is 19.1 Å². The largest absolute Gasteiger partial charge is 0.488 e. The van der Waals surface area contributed by atoms with Crippen LogP contribution in [0.1, 0.15) is 24.2 Å². The molecule has 1 aromatic carbocycles. The van der Waals surface area contributed by atoms with Gasteiger partial charge >= 0.3 is 0 Å². The van der Waals surface area contributed by atoms with E-state index in [2.05, 4.69) is 4.98 Å². The molecule has 0 aliphatic carbocycles. The molecular weight excluding hydrogens is 260 g/mol. The Kier molecular flexibility index (Phi) is 4.27. The number of nitro groups is 1. The van der Waals surface area contributed by atoms with Gasteiger partial charge in [-0.15, -0.1) is 0 Å². The van der Waals surface area contributed by atoms with Crippen LogP contribution in [0.3, 0.4) is 0 Å². The van der Waals surface area contributed by atoms with Crippen molar-refractivity contribution in [2.45, 2.75) is 19.6 Å². The molecule has 1 atom stereocenters. The van der Waals surface area contributed by atoms with Crippen LogP contribution in [-0.4, -0.2) is 15.0 Å². The summed E-state index contributed by atoms with van der Waals surface area (Å²) in [5.41, 5.74) is 1.19. The van der Waals surface area contributed by atoms with Crippen molar-refractivity contribution in [3.05, 3.63) is 64.0 Å². The fraction of sp³-hybridized carbons (Fsp3) is 0.214. The lowest BCUT2D eigenvalue weighted by Gasteiger charge is -2.13. The van der Waals surface area contributed by atoms with Crippen LogP contribution in [-0.2, 0) is 6.61 Å². The maximum absolute atomic E-state index is 10.7. The van der Waals surface area contributed by atoms with Crippen LogP contribution in [0.5, 0.6) is 5.75 Å². The first-order valence-corrected chi connectivity index (χ1v) is 6.06. The van der Waals surface area contributed by atoms with E-state index >= 15 is 0 Å². The molecule has 1 unspecified atom stereocenters. The van der Waals surface area contributed by atoms with Crippen LogP contribution in [0.2, 0.25) is 0 Å². The van der Waals surface area contributed by atoms with Crippen LogP contribution in [0.15, 0.2) is 42.7 Å². The Morgan fingerprint density at radius 3 is 2.85 bits per heavy atom. The molecule has 6 heteroatoms. The second kappa shape index (κ2) is 6.12. The third kappa shape index (κ3) is 3.30. The summed E-state index contributed by atoms with van der Waals surface area (Å²) >= 11 is 0. The van der Waals surface area contributed by atoms with Gasteiger partial charge in [-0.25, -0.2) is 0 Å². The highest BCUT2D eigenvalue weighted by Gasteiger charge is 2.15. The van der Waals surface area contributed by atoms with Crippen LogP contribution >= 0.6 is 0 Å². The van der Waals surface area contributed by atoms with E-state index in [4.69, 9.17) is 4.74 Å². The van der Waals surface area contributed by atoms with E-state index in [0.717, 1.165) is 5.56 Å². The number of nitro benzene ring substituents is 1. The van der Waals surface area contributed by atoms with Gasteiger partial charge < -0.3 is 9.84 Å². The molecule has 0 saturated carbocycles. The average molecular weight is 274 g/mol. The SMILES string of the molecule is CC(O)c1cc([N+](=O)[O-])ccc1OCc1cccnc1. The molecule has 0 fully saturated rings. The summed E-state index contributed by atoms with van der Waals surface area (Å²) in [5.74, 6) is 0.425. The van der Waals surface area contributed by atoms with Crippen molar-refractivity contribution >= 4 is 5.69 Å². The second-order valence-electron chi connectivity index (χ2n) is 4.31. The van der Waals surface area contributed by atoms with E-state index in [0.29, 0.717) is 11.3 Å². The fourth-order valence-electron chi connectivity index (χ4n) is 1.75. The minimum absolute atomic E-state index is 0.0744. The Bertz CT molecular complexity index is 599. The van der Waals surface area contributed by atoms with Crippen LogP contribution in [0, 0.1) is 10.1 Å². The van der Waals surface area contributed by atoms with Crippen molar-refractivity contribution in [3.8, 4) is 5.75 Å². The Labute approximate surface area is 115 Å². The molecule has 0 aliphatic rings. The summed E-state index contributed by atoms with van der Waals surface area (Å²) < 4.78 is 5.60. The smallest absolute Gasteiger partial charge is 0.270 e. The molecule has 0 saturated heterocycles. The molecule has 2 rings (SSSR count). The molecular formula is C14H14N2O4. The number of aromatic nitrogens is 1. The number of ether oxygens (including phenoxy) is 1. The predicted molar refractivity (Wildman–Crippen MR) is 72.3 cm³/mol. The number of pyridine rings is 1. The van der Waals surface area contributed by atoms with Gasteiger partial charge in [-0.3, -0.25) is 15.1 Å². The highest BCUT2D eigenvalue weighted by molar-refractivity contribution is 5.44. The number of rotatable bonds is 5. The van der Waals surface area contributed by atoms with Gasteiger partial charge in [0.15, 0.2) is 0 Å². The Hall–Kier alpha value is -2.47. The van der Waals surface area contributed by atoms with E-state index < -0.39 is 11.0 Å². The summed E-state index contributed by atoms with van der Waals surface area (Å²) in [5, 5.41) is 20.4. The summed E-state index contributed by atoms with van der Waals surface area (Å²) in [6.45, 7) is 1.82. The standard InChI is InChI=1S/C14H14N2O4/c1-10(17)13-7-12(16(18)19)4-5-14(13)20-9-11-3-2-6-15-8-11/h2-8,10,17H,9H2,1H3. The molecule has 1 aromatic heterocycles. The monoisotopic (exact) mass is 274 g/mol. The lowest BCUT2D eigenvalue weighted by Crippen LogP contribution is -2.02. The Balaban J connectivity index is 2.20. The minimum Gasteiger partial charge on any atom is -0.488 e. The van der Waals surface area contributed by atoms with Gasteiger partial charge in [0.1, 0.15) is 12.4 Å². The molecule has 0 bridgehead atoms.